The summed E-state index contributed by atoms with van der Waals surface area (Å²) in [7, 11) is 0. The highest BCUT2D eigenvalue weighted by Gasteiger charge is 2.28. The van der Waals surface area contributed by atoms with Crippen molar-refractivity contribution in [3.63, 3.8) is 0 Å². The normalized spacial score (nSPS) is 14.9. The maximum absolute atomic E-state index is 11.5. The number of hydrogen-bond donors (Lipinski definition) is 3. The number of carbonyl (C=O) groups excluding carboxylic acids is 1. The monoisotopic (exact) mass is 277 g/mol. The molecular formula is C14H23N5O. The lowest BCUT2D eigenvalue weighted by Gasteiger charge is -2.18. The van der Waals surface area contributed by atoms with Crippen LogP contribution in [0, 0.1) is 5.92 Å². The summed E-state index contributed by atoms with van der Waals surface area (Å²) in [6.07, 6.45) is 2.05. The van der Waals surface area contributed by atoms with Gasteiger partial charge in [-0.15, -0.1) is 0 Å². The minimum atomic E-state index is -0.147. The fourth-order valence-corrected chi connectivity index (χ4v) is 1.76. The lowest BCUT2D eigenvalue weighted by Crippen LogP contribution is -2.30. The number of nitrogens with two attached hydrogens (primary N) is 1. The van der Waals surface area contributed by atoms with Crippen molar-refractivity contribution in [1.82, 2.24) is 15.3 Å². The van der Waals surface area contributed by atoms with Gasteiger partial charge in [-0.3, -0.25) is 4.79 Å². The van der Waals surface area contributed by atoms with E-state index in [1.807, 2.05) is 20.8 Å². The molecule has 1 aliphatic carbocycles. The predicted molar refractivity (Wildman–Crippen MR) is 79.4 cm³/mol. The third kappa shape index (κ3) is 4.08. The molecule has 6 heteroatoms. The van der Waals surface area contributed by atoms with E-state index in [2.05, 4.69) is 20.6 Å². The third-order valence-electron chi connectivity index (χ3n) is 3.10. The van der Waals surface area contributed by atoms with Crippen molar-refractivity contribution in [2.24, 2.45) is 5.92 Å². The van der Waals surface area contributed by atoms with Crippen molar-refractivity contribution >= 4 is 17.5 Å². The van der Waals surface area contributed by atoms with Crippen LogP contribution in [0.4, 0.5) is 11.6 Å². The molecule has 110 valence electrons. The second-order valence-corrected chi connectivity index (χ2v) is 6.24. The maximum atomic E-state index is 11.5. The number of rotatable bonds is 5. The van der Waals surface area contributed by atoms with E-state index in [0.29, 0.717) is 30.5 Å². The Kier molecular flexibility index (Phi) is 4.11. The molecule has 0 spiro atoms. The van der Waals surface area contributed by atoms with Crippen molar-refractivity contribution in [2.75, 3.05) is 24.1 Å². The largest absolute Gasteiger partial charge is 0.384 e. The van der Waals surface area contributed by atoms with Gasteiger partial charge in [0, 0.05) is 30.5 Å². The summed E-state index contributed by atoms with van der Waals surface area (Å²) in [6, 6.07) is 1.71. The molecule has 1 heterocycles. The number of hydrogen-bond acceptors (Lipinski definition) is 5. The first-order chi connectivity index (χ1) is 9.36. The molecule has 0 saturated heterocycles. The number of anilines is 2. The minimum absolute atomic E-state index is 0.147. The lowest BCUT2D eigenvalue weighted by molar-refractivity contribution is -0.122. The lowest BCUT2D eigenvalue weighted by atomic mass is 9.96. The highest BCUT2D eigenvalue weighted by molar-refractivity contribution is 5.80. The first-order valence-corrected chi connectivity index (χ1v) is 7.03. The maximum Gasteiger partial charge on any atom is 0.223 e. The quantitative estimate of drug-likeness (QED) is 0.705. The SMILES string of the molecule is CC(C)(C)c1nc(N)cc(NCCNC(=O)C2CC2)n1. The zero-order valence-corrected chi connectivity index (χ0v) is 12.4. The van der Waals surface area contributed by atoms with Crippen molar-refractivity contribution in [2.45, 2.75) is 39.0 Å². The van der Waals surface area contributed by atoms with Crippen LogP contribution < -0.4 is 16.4 Å². The van der Waals surface area contributed by atoms with Gasteiger partial charge < -0.3 is 16.4 Å². The molecule has 4 N–H and O–H groups in total. The first-order valence-electron chi connectivity index (χ1n) is 7.03. The van der Waals surface area contributed by atoms with Gasteiger partial charge in [0.25, 0.3) is 0 Å². The van der Waals surface area contributed by atoms with E-state index in [0.717, 1.165) is 12.8 Å². The fourth-order valence-electron chi connectivity index (χ4n) is 1.76. The number of carbonyl (C=O) groups is 1. The molecule has 1 amide bonds. The van der Waals surface area contributed by atoms with E-state index in [9.17, 15) is 4.79 Å². The Morgan fingerprint density at radius 1 is 1.35 bits per heavy atom. The molecule has 0 aliphatic heterocycles. The molecule has 6 nitrogen and oxygen atoms in total. The molecule has 0 bridgehead atoms. The van der Waals surface area contributed by atoms with Gasteiger partial charge in [0.15, 0.2) is 0 Å². The Labute approximate surface area is 119 Å². The molecule has 0 aromatic carbocycles. The van der Waals surface area contributed by atoms with Crippen LogP contribution >= 0.6 is 0 Å². The number of amides is 1. The van der Waals surface area contributed by atoms with Crippen LogP contribution in [0.1, 0.15) is 39.4 Å². The van der Waals surface area contributed by atoms with Crippen LogP contribution in [-0.4, -0.2) is 29.0 Å². The summed E-state index contributed by atoms with van der Waals surface area (Å²) in [4.78, 5) is 20.2. The van der Waals surface area contributed by atoms with Gasteiger partial charge in [0.1, 0.15) is 17.5 Å². The molecule has 1 aromatic heterocycles. The first kappa shape index (κ1) is 14.6. The van der Waals surface area contributed by atoms with Crippen LogP contribution in [0.3, 0.4) is 0 Å². The topological polar surface area (TPSA) is 92.9 Å². The van der Waals surface area contributed by atoms with Crippen molar-refractivity contribution < 1.29 is 4.79 Å². The summed E-state index contributed by atoms with van der Waals surface area (Å²) >= 11 is 0. The smallest absolute Gasteiger partial charge is 0.223 e. The van der Waals surface area contributed by atoms with E-state index in [-0.39, 0.29) is 17.2 Å². The molecule has 20 heavy (non-hydrogen) atoms. The Balaban J connectivity index is 1.85. The van der Waals surface area contributed by atoms with Crippen LogP contribution in [0.15, 0.2) is 6.07 Å². The Hall–Kier alpha value is -1.85. The highest BCUT2D eigenvalue weighted by atomic mass is 16.2. The summed E-state index contributed by atoms with van der Waals surface area (Å²) in [5, 5.41) is 6.07. The molecule has 1 saturated carbocycles. The minimum Gasteiger partial charge on any atom is -0.384 e. The number of nitrogens with one attached hydrogen (secondary N) is 2. The van der Waals surface area contributed by atoms with E-state index in [1.165, 1.54) is 0 Å². The van der Waals surface area contributed by atoms with Gasteiger partial charge in [-0.1, -0.05) is 20.8 Å². The Morgan fingerprint density at radius 3 is 2.65 bits per heavy atom. The molecule has 1 aromatic rings. The molecule has 0 unspecified atom stereocenters. The average Bonchev–Trinajstić information content (AvgIpc) is 3.16. The third-order valence-corrected chi connectivity index (χ3v) is 3.10. The standard InChI is InChI=1S/C14H23N5O/c1-14(2,3)13-18-10(15)8-11(19-13)16-6-7-17-12(20)9-4-5-9/h8-9H,4-7H2,1-3H3,(H,17,20)(H3,15,16,18,19). The highest BCUT2D eigenvalue weighted by Crippen LogP contribution is 2.28. The fraction of sp³-hybridized carbons (Fsp3) is 0.643. The molecule has 1 fully saturated rings. The van der Waals surface area contributed by atoms with Gasteiger partial charge >= 0.3 is 0 Å². The van der Waals surface area contributed by atoms with Crippen LogP contribution in [0.5, 0.6) is 0 Å². The van der Waals surface area contributed by atoms with Crippen LogP contribution in [0.2, 0.25) is 0 Å². The molecule has 1 aliphatic rings. The van der Waals surface area contributed by atoms with Crippen molar-refractivity contribution in [1.29, 1.82) is 0 Å². The van der Waals surface area contributed by atoms with Crippen molar-refractivity contribution in [3.05, 3.63) is 11.9 Å². The summed E-state index contributed by atoms with van der Waals surface area (Å²) in [6.45, 7) is 7.34. The van der Waals surface area contributed by atoms with Crippen molar-refractivity contribution in [3.8, 4) is 0 Å². The van der Waals surface area contributed by atoms with Gasteiger partial charge in [0.2, 0.25) is 5.91 Å². The molecular weight excluding hydrogens is 254 g/mol. The Morgan fingerprint density at radius 2 is 2.05 bits per heavy atom. The van der Waals surface area contributed by atoms with E-state index in [1.54, 1.807) is 6.07 Å². The molecule has 0 atom stereocenters. The zero-order chi connectivity index (χ0) is 14.8. The van der Waals surface area contributed by atoms with Gasteiger partial charge in [-0.05, 0) is 12.8 Å². The second kappa shape index (κ2) is 5.64. The predicted octanol–water partition coefficient (Wildman–Crippen LogP) is 1.29. The number of aromatic nitrogens is 2. The zero-order valence-electron chi connectivity index (χ0n) is 12.4. The van der Waals surface area contributed by atoms with E-state index >= 15 is 0 Å². The van der Waals surface area contributed by atoms with E-state index < -0.39 is 0 Å². The summed E-state index contributed by atoms with van der Waals surface area (Å²) in [5.74, 6) is 2.26. The molecule has 2 rings (SSSR count). The number of nitrogen functional groups attached to an aromatic ring is 1. The second-order valence-electron chi connectivity index (χ2n) is 6.24. The van der Waals surface area contributed by atoms with E-state index in [4.69, 9.17) is 5.73 Å². The summed E-state index contributed by atoms with van der Waals surface area (Å²) < 4.78 is 0. The van der Waals surface area contributed by atoms with Gasteiger partial charge in [-0.25, -0.2) is 9.97 Å². The number of nitrogens with zero attached hydrogens (tertiary/aromatic N) is 2. The molecule has 0 radical (unpaired) electrons. The average molecular weight is 277 g/mol. The van der Waals surface area contributed by atoms with Gasteiger partial charge in [0.05, 0.1) is 0 Å². The Bertz CT molecular complexity index is 491. The van der Waals surface area contributed by atoms with Crippen LogP contribution in [-0.2, 0) is 10.2 Å². The van der Waals surface area contributed by atoms with Crippen LogP contribution in [0.25, 0.3) is 0 Å². The van der Waals surface area contributed by atoms with Gasteiger partial charge in [-0.2, -0.15) is 0 Å². The summed E-state index contributed by atoms with van der Waals surface area (Å²) in [5.41, 5.74) is 5.65.